The predicted molar refractivity (Wildman–Crippen MR) is 66.8 cm³/mol. The molecule has 1 N–H and O–H groups in total. The maximum Gasteiger partial charge on any atom is 0.204 e. The van der Waals surface area contributed by atoms with Crippen LogP contribution in [0.15, 0.2) is 27.9 Å². The lowest BCUT2D eigenvalue weighted by atomic mass is 10.3. The van der Waals surface area contributed by atoms with Crippen LogP contribution in [0.5, 0.6) is 0 Å². The summed E-state index contributed by atoms with van der Waals surface area (Å²) in [6.07, 6.45) is 3.12. The van der Waals surface area contributed by atoms with E-state index in [9.17, 15) is 4.79 Å². The van der Waals surface area contributed by atoms with Crippen LogP contribution in [-0.4, -0.2) is 17.0 Å². The lowest BCUT2D eigenvalue weighted by Gasteiger charge is -1.90. The number of nitrogens with one attached hydrogen (secondary N) is 1. The molecule has 0 atom stereocenters. The molecule has 2 aromatic heterocycles. The fraction of sp³-hybridized carbons (Fsp3) is 0.182. The normalized spacial score (nSPS) is 10.9. The van der Waals surface area contributed by atoms with E-state index in [0.717, 1.165) is 5.69 Å². The molecule has 17 heavy (non-hydrogen) atoms. The summed E-state index contributed by atoms with van der Waals surface area (Å²) >= 11 is 1.29. The number of anilines is 1. The van der Waals surface area contributed by atoms with Crippen molar-refractivity contribution in [3.63, 3.8) is 0 Å². The second-order valence-corrected chi connectivity index (χ2v) is 4.37. The van der Waals surface area contributed by atoms with Gasteiger partial charge in [-0.1, -0.05) is 11.3 Å². The number of ketones is 1. The molecule has 0 aromatic carbocycles. The largest absolute Gasteiger partial charge is 0.463 e. The van der Waals surface area contributed by atoms with Gasteiger partial charge < -0.3 is 4.42 Å². The molecule has 0 aliphatic rings. The number of hydrazone groups is 1. The summed E-state index contributed by atoms with van der Waals surface area (Å²) in [6.45, 7) is 3.32. The Balaban J connectivity index is 2.05. The summed E-state index contributed by atoms with van der Waals surface area (Å²) in [7, 11) is 0. The van der Waals surface area contributed by atoms with Crippen LogP contribution in [0.4, 0.5) is 5.13 Å². The zero-order chi connectivity index (χ0) is 12.3. The third kappa shape index (κ3) is 2.79. The van der Waals surface area contributed by atoms with Gasteiger partial charge in [-0.25, -0.2) is 4.98 Å². The molecule has 0 fully saturated rings. The summed E-state index contributed by atoms with van der Waals surface area (Å²) in [6, 6.07) is 3.57. The summed E-state index contributed by atoms with van der Waals surface area (Å²) in [5.41, 5.74) is 3.48. The van der Waals surface area contributed by atoms with Crippen molar-refractivity contribution in [1.82, 2.24) is 4.98 Å². The first-order valence-corrected chi connectivity index (χ1v) is 5.79. The quantitative estimate of drug-likeness (QED) is 0.514. The van der Waals surface area contributed by atoms with E-state index in [2.05, 4.69) is 15.5 Å². The van der Waals surface area contributed by atoms with E-state index >= 15 is 0 Å². The van der Waals surface area contributed by atoms with Crippen LogP contribution >= 0.6 is 11.3 Å². The van der Waals surface area contributed by atoms with Gasteiger partial charge in [-0.15, -0.1) is 0 Å². The molecular formula is C11H11N3O2S. The third-order valence-corrected chi connectivity index (χ3v) is 3.17. The molecule has 0 saturated carbocycles. The number of carbonyl (C=O) groups excluding carboxylic acids is 1. The Morgan fingerprint density at radius 3 is 3.06 bits per heavy atom. The second-order valence-electron chi connectivity index (χ2n) is 3.38. The van der Waals surface area contributed by atoms with Crippen molar-refractivity contribution in [2.75, 3.05) is 5.43 Å². The Bertz CT molecular complexity index is 543. The molecule has 5 nitrogen and oxygen atoms in total. The first kappa shape index (κ1) is 11.5. The Kier molecular flexibility index (Phi) is 3.34. The van der Waals surface area contributed by atoms with Gasteiger partial charge in [0.1, 0.15) is 5.76 Å². The molecule has 0 saturated heterocycles. The highest BCUT2D eigenvalue weighted by molar-refractivity contribution is 7.17. The van der Waals surface area contributed by atoms with E-state index in [-0.39, 0.29) is 5.78 Å². The molecule has 88 valence electrons. The topological polar surface area (TPSA) is 67.5 Å². The molecule has 0 aliphatic carbocycles. The summed E-state index contributed by atoms with van der Waals surface area (Å²) in [5, 5.41) is 4.56. The second kappa shape index (κ2) is 4.92. The van der Waals surface area contributed by atoms with Crippen LogP contribution in [0.3, 0.4) is 0 Å². The lowest BCUT2D eigenvalue weighted by Crippen LogP contribution is -1.90. The van der Waals surface area contributed by atoms with E-state index in [1.165, 1.54) is 18.3 Å². The predicted octanol–water partition coefficient (Wildman–Crippen LogP) is 2.69. The van der Waals surface area contributed by atoms with Crippen LogP contribution in [0.1, 0.15) is 28.0 Å². The van der Waals surface area contributed by atoms with Crippen LogP contribution in [0, 0.1) is 6.92 Å². The Morgan fingerprint density at radius 2 is 2.47 bits per heavy atom. The highest BCUT2D eigenvalue weighted by atomic mass is 32.1. The molecule has 6 heteroatoms. The van der Waals surface area contributed by atoms with Gasteiger partial charge in [0, 0.05) is 6.92 Å². The molecule has 0 aliphatic heterocycles. The number of hydrogen-bond acceptors (Lipinski definition) is 6. The minimum Gasteiger partial charge on any atom is -0.463 e. The molecule has 0 amide bonds. The van der Waals surface area contributed by atoms with Gasteiger partial charge in [-0.2, -0.15) is 5.10 Å². The summed E-state index contributed by atoms with van der Waals surface area (Å²) in [5.74, 6) is 0.667. The van der Waals surface area contributed by atoms with Crippen molar-refractivity contribution in [3.05, 3.63) is 34.7 Å². The number of hydrogen-bond donors (Lipinski definition) is 1. The first-order valence-electron chi connectivity index (χ1n) is 4.98. The fourth-order valence-corrected chi connectivity index (χ4v) is 2.10. The van der Waals surface area contributed by atoms with Crippen molar-refractivity contribution >= 4 is 28.5 Å². The van der Waals surface area contributed by atoms with Gasteiger partial charge in [0.25, 0.3) is 0 Å². The zero-order valence-electron chi connectivity index (χ0n) is 9.43. The molecular weight excluding hydrogens is 238 g/mol. The van der Waals surface area contributed by atoms with Crippen molar-refractivity contribution in [2.24, 2.45) is 5.10 Å². The van der Waals surface area contributed by atoms with Crippen molar-refractivity contribution in [3.8, 4) is 0 Å². The third-order valence-electron chi connectivity index (χ3n) is 2.01. The standard InChI is InChI=1S/C11H11N3O2S/c1-7-10(8(2)15)17-11(13-7)14-12-6-9-4-3-5-16-9/h3-6H,1-2H3,(H,13,14)/b12-6+. The molecule has 0 spiro atoms. The fourth-order valence-electron chi connectivity index (χ4n) is 1.29. The Labute approximate surface area is 102 Å². The summed E-state index contributed by atoms with van der Waals surface area (Å²) < 4.78 is 5.08. The monoisotopic (exact) mass is 249 g/mol. The number of thiazole rings is 1. The minimum absolute atomic E-state index is 0.0167. The van der Waals surface area contributed by atoms with Gasteiger partial charge in [0.05, 0.1) is 23.0 Å². The average Bonchev–Trinajstić information content (AvgIpc) is 2.88. The SMILES string of the molecule is CC(=O)c1sc(N/N=C/c2ccco2)nc1C. The summed E-state index contributed by atoms with van der Waals surface area (Å²) in [4.78, 5) is 16.1. The number of aromatic nitrogens is 1. The van der Waals surface area contributed by atoms with E-state index < -0.39 is 0 Å². The first-order chi connectivity index (χ1) is 8.16. The lowest BCUT2D eigenvalue weighted by molar-refractivity contribution is 0.102. The van der Waals surface area contributed by atoms with E-state index in [0.29, 0.717) is 15.8 Å². The van der Waals surface area contributed by atoms with Gasteiger partial charge in [-0.05, 0) is 19.1 Å². The van der Waals surface area contributed by atoms with Gasteiger partial charge in [-0.3, -0.25) is 10.2 Å². The minimum atomic E-state index is 0.0167. The number of aryl methyl sites for hydroxylation is 1. The molecule has 2 rings (SSSR count). The molecule has 0 bridgehead atoms. The van der Waals surface area contributed by atoms with Crippen LogP contribution in [0.2, 0.25) is 0 Å². The molecule has 0 radical (unpaired) electrons. The van der Waals surface area contributed by atoms with Crippen molar-refractivity contribution in [1.29, 1.82) is 0 Å². The van der Waals surface area contributed by atoms with Gasteiger partial charge in [0.15, 0.2) is 5.78 Å². The zero-order valence-corrected chi connectivity index (χ0v) is 10.2. The number of furan rings is 1. The van der Waals surface area contributed by atoms with Crippen LogP contribution in [-0.2, 0) is 0 Å². The highest BCUT2D eigenvalue weighted by Crippen LogP contribution is 2.22. The maximum absolute atomic E-state index is 11.2. The van der Waals surface area contributed by atoms with Gasteiger partial charge in [0.2, 0.25) is 5.13 Å². The van der Waals surface area contributed by atoms with Crippen LogP contribution in [0.25, 0.3) is 0 Å². The molecule has 2 aromatic rings. The maximum atomic E-state index is 11.2. The average molecular weight is 249 g/mol. The van der Waals surface area contributed by atoms with Gasteiger partial charge >= 0.3 is 0 Å². The smallest absolute Gasteiger partial charge is 0.204 e. The number of nitrogens with zero attached hydrogens (tertiary/aromatic N) is 2. The van der Waals surface area contributed by atoms with Crippen molar-refractivity contribution in [2.45, 2.75) is 13.8 Å². The van der Waals surface area contributed by atoms with Crippen molar-refractivity contribution < 1.29 is 9.21 Å². The van der Waals surface area contributed by atoms with Crippen LogP contribution < -0.4 is 5.43 Å². The number of rotatable bonds is 4. The van der Waals surface area contributed by atoms with E-state index in [1.807, 2.05) is 0 Å². The number of Topliss-reactive ketones (excluding diaryl/α,β-unsaturated/α-hetero) is 1. The van der Waals surface area contributed by atoms with E-state index in [1.54, 1.807) is 31.5 Å². The molecule has 2 heterocycles. The van der Waals surface area contributed by atoms with E-state index in [4.69, 9.17) is 4.42 Å². The Morgan fingerprint density at radius 1 is 1.65 bits per heavy atom. The number of carbonyl (C=O) groups is 1. The Hall–Kier alpha value is -1.95. The molecule has 0 unspecified atom stereocenters. The highest BCUT2D eigenvalue weighted by Gasteiger charge is 2.10.